The maximum absolute atomic E-state index is 9.55. The van der Waals surface area contributed by atoms with Crippen molar-refractivity contribution >= 4 is 17.3 Å². The number of likely N-dealkylation sites (tertiary alicyclic amines) is 1. The first-order valence-electron chi connectivity index (χ1n) is 8.02. The van der Waals surface area contributed by atoms with E-state index in [4.69, 9.17) is 11.6 Å². The van der Waals surface area contributed by atoms with E-state index in [-0.39, 0.29) is 6.10 Å². The Labute approximate surface area is 142 Å². The Morgan fingerprint density at radius 3 is 2.61 bits per heavy atom. The number of aliphatic hydroxyl groups excluding tert-OH is 1. The molecule has 3 rings (SSSR count). The number of hydrogen-bond acceptors (Lipinski definition) is 4. The lowest BCUT2D eigenvalue weighted by atomic mass is 10.1. The second kappa shape index (κ2) is 7.77. The van der Waals surface area contributed by atoms with Gasteiger partial charge in [-0.3, -0.25) is 9.88 Å². The monoisotopic (exact) mass is 331 g/mol. The molecule has 0 saturated carbocycles. The molecule has 0 atom stereocenters. The Kier molecular flexibility index (Phi) is 5.49. The molecule has 1 fully saturated rings. The summed E-state index contributed by atoms with van der Waals surface area (Å²) < 4.78 is 0. The minimum absolute atomic E-state index is 0.113. The van der Waals surface area contributed by atoms with Crippen LogP contribution in [0.4, 0.5) is 5.69 Å². The summed E-state index contributed by atoms with van der Waals surface area (Å²) in [6, 6.07) is 10.4. The van der Waals surface area contributed by atoms with Crippen molar-refractivity contribution in [2.45, 2.75) is 32.0 Å². The number of anilines is 1. The van der Waals surface area contributed by atoms with Crippen LogP contribution in [-0.2, 0) is 13.1 Å². The van der Waals surface area contributed by atoms with Gasteiger partial charge in [0, 0.05) is 44.3 Å². The van der Waals surface area contributed by atoms with Gasteiger partial charge in [-0.15, -0.1) is 0 Å². The fourth-order valence-electron chi connectivity index (χ4n) is 2.81. The predicted octanol–water partition coefficient (Wildman–Crippen LogP) is 3.30. The summed E-state index contributed by atoms with van der Waals surface area (Å²) in [6.07, 6.45) is 5.06. The number of pyridine rings is 1. The highest BCUT2D eigenvalue weighted by Gasteiger charge is 2.16. The first-order valence-corrected chi connectivity index (χ1v) is 8.40. The molecule has 122 valence electrons. The third kappa shape index (κ3) is 4.67. The Morgan fingerprint density at radius 2 is 1.91 bits per heavy atom. The highest BCUT2D eigenvalue weighted by atomic mass is 35.5. The SMILES string of the molecule is OC1CCN(Cc2ccc(NCc3ccncc3Cl)cc2)CC1. The molecular formula is C18H22ClN3O. The van der Waals surface area contributed by atoms with E-state index in [2.05, 4.69) is 39.5 Å². The summed E-state index contributed by atoms with van der Waals surface area (Å²) in [7, 11) is 0. The number of piperidine rings is 1. The van der Waals surface area contributed by atoms with E-state index in [1.54, 1.807) is 12.4 Å². The Morgan fingerprint density at radius 1 is 1.17 bits per heavy atom. The normalized spacial score (nSPS) is 16.4. The molecule has 0 bridgehead atoms. The van der Waals surface area contributed by atoms with E-state index >= 15 is 0 Å². The molecule has 23 heavy (non-hydrogen) atoms. The minimum atomic E-state index is -0.113. The van der Waals surface area contributed by atoms with Gasteiger partial charge in [0.15, 0.2) is 0 Å². The average Bonchev–Trinajstić information content (AvgIpc) is 2.58. The molecule has 0 aliphatic carbocycles. The number of nitrogens with one attached hydrogen (secondary N) is 1. The maximum atomic E-state index is 9.55. The lowest BCUT2D eigenvalue weighted by Gasteiger charge is -2.29. The smallest absolute Gasteiger partial charge is 0.0639 e. The number of hydrogen-bond donors (Lipinski definition) is 2. The van der Waals surface area contributed by atoms with Crippen molar-refractivity contribution in [2.24, 2.45) is 0 Å². The first kappa shape index (κ1) is 16.2. The molecule has 0 unspecified atom stereocenters. The molecular weight excluding hydrogens is 310 g/mol. The molecule has 2 N–H and O–H groups in total. The Bertz CT molecular complexity index is 624. The van der Waals surface area contributed by atoms with E-state index in [0.717, 1.165) is 43.7 Å². The number of rotatable bonds is 5. The van der Waals surface area contributed by atoms with Crippen molar-refractivity contribution in [3.63, 3.8) is 0 Å². The minimum Gasteiger partial charge on any atom is -0.393 e. The van der Waals surface area contributed by atoms with Crippen molar-refractivity contribution in [3.8, 4) is 0 Å². The molecule has 5 heteroatoms. The summed E-state index contributed by atoms with van der Waals surface area (Å²) in [5.41, 5.74) is 3.42. The van der Waals surface area contributed by atoms with Crippen LogP contribution < -0.4 is 5.32 Å². The molecule has 0 spiro atoms. The van der Waals surface area contributed by atoms with E-state index in [1.165, 1.54) is 5.56 Å². The van der Waals surface area contributed by atoms with Crippen LogP contribution in [0.25, 0.3) is 0 Å². The van der Waals surface area contributed by atoms with Gasteiger partial charge < -0.3 is 10.4 Å². The topological polar surface area (TPSA) is 48.4 Å². The summed E-state index contributed by atoms with van der Waals surface area (Å²) in [6.45, 7) is 3.58. The zero-order valence-electron chi connectivity index (χ0n) is 13.1. The summed E-state index contributed by atoms with van der Waals surface area (Å²) in [5, 5.41) is 13.6. The predicted molar refractivity (Wildman–Crippen MR) is 93.5 cm³/mol. The van der Waals surface area contributed by atoms with Gasteiger partial charge in [-0.1, -0.05) is 23.7 Å². The Balaban J connectivity index is 1.52. The molecule has 2 aromatic rings. The van der Waals surface area contributed by atoms with Gasteiger partial charge in [-0.25, -0.2) is 0 Å². The fourth-order valence-corrected chi connectivity index (χ4v) is 2.99. The molecule has 1 aromatic heterocycles. The van der Waals surface area contributed by atoms with Crippen LogP contribution >= 0.6 is 11.6 Å². The maximum Gasteiger partial charge on any atom is 0.0639 e. The van der Waals surface area contributed by atoms with Crippen molar-refractivity contribution in [1.82, 2.24) is 9.88 Å². The van der Waals surface area contributed by atoms with Crippen molar-refractivity contribution < 1.29 is 5.11 Å². The summed E-state index contributed by atoms with van der Waals surface area (Å²) in [5.74, 6) is 0. The van der Waals surface area contributed by atoms with Gasteiger partial charge in [0.2, 0.25) is 0 Å². The van der Waals surface area contributed by atoms with Gasteiger partial charge in [0.05, 0.1) is 11.1 Å². The van der Waals surface area contributed by atoms with E-state index in [0.29, 0.717) is 11.6 Å². The first-order chi connectivity index (χ1) is 11.2. The molecule has 1 aliphatic heterocycles. The van der Waals surface area contributed by atoms with Gasteiger partial charge in [-0.05, 0) is 42.2 Å². The fraction of sp³-hybridized carbons (Fsp3) is 0.389. The van der Waals surface area contributed by atoms with Crippen LogP contribution in [0.3, 0.4) is 0 Å². The van der Waals surface area contributed by atoms with Gasteiger partial charge in [0.1, 0.15) is 0 Å². The zero-order chi connectivity index (χ0) is 16.1. The van der Waals surface area contributed by atoms with Gasteiger partial charge >= 0.3 is 0 Å². The van der Waals surface area contributed by atoms with E-state index in [1.807, 2.05) is 6.07 Å². The number of aromatic nitrogens is 1. The average molecular weight is 332 g/mol. The van der Waals surface area contributed by atoms with Crippen LogP contribution in [0.1, 0.15) is 24.0 Å². The largest absolute Gasteiger partial charge is 0.393 e. The quantitative estimate of drug-likeness (QED) is 0.882. The summed E-state index contributed by atoms with van der Waals surface area (Å²) in [4.78, 5) is 6.39. The highest BCUT2D eigenvalue weighted by molar-refractivity contribution is 6.31. The molecule has 2 heterocycles. The molecule has 1 saturated heterocycles. The van der Waals surface area contributed by atoms with Gasteiger partial charge in [-0.2, -0.15) is 0 Å². The molecule has 0 amide bonds. The molecule has 4 nitrogen and oxygen atoms in total. The number of halogens is 1. The number of aliphatic hydroxyl groups is 1. The second-order valence-electron chi connectivity index (χ2n) is 6.02. The van der Waals surface area contributed by atoms with Crippen molar-refractivity contribution in [2.75, 3.05) is 18.4 Å². The highest BCUT2D eigenvalue weighted by Crippen LogP contribution is 2.18. The van der Waals surface area contributed by atoms with E-state index < -0.39 is 0 Å². The van der Waals surface area contributed by atoms with Crippen LogP contribution in [0, 0.1) is 0 Å². The Hall–Kier alpha value is -1.62. The van der Waals surface area contributed by atoms with Crippen LogP contribution in [0.15, 0.2) is 42.7 Å². The lowest BCUT2D eigenvalue weighted by Crippen LogP contribution is -2.35. The molecule has 1 aromatic carbocycles. The van der Waals surface area contributed by atoms with Crippen molar-refractivity contribution in [1.29, 1.82) is 0 Å². The van der Waals surface area contributed by atoms with Crippen LogP contribution in [-0.4, -0.2) is 34.2 Å². The third-order valence-electron chi connectivity index (χ3n) is 4.26. The molecule has 1 aliphatic rings. The van der Waals surface area contributed by atoms with Gasteiger partial charge in [0.25, 0.3) is 0 Å². The zero-order valence-corrected chi connectivity index (χ0v) is 13.8. The van der Waals surface area contributed by atoms with Crippen molar-refractivity contribution in [3.05, 3.63) is 58.9 Å². The third-order valence-corrected chi connectivity index (χ3v) is 4.60. The second-order valence-corrected chi connectivity index (χ2v) is 6.43. The number of nitrogens with zero attached hydrogens (tertiary/aromatic N) is 2. The number of benzene rings is 1. The van der Waals surface area contributed by atoms with Crippen LogP contribution in [0.5, 0.6) is 0 Å². The van der Waals surface area contributed by atoms with E-state index in [9.17, 15) is 5.11 Å². The van der Waals surface area contributed by atoms with Crippen LogP contribution in [0.2, 0.25) is 5.02 Å². The standard InChI is InChI=1S/C18H22ClN3O/c19-18-12-20-8-5-15(18)11-21-16-3-1-14(2-4-16)13-22-9-6-17(23)7-10-22/h1-5,8,12,17,21,23H,6-7,9-11,13H2. The summed E-state index contributed by atoms with van der Waals surface area (Å²) >= 11 is 6.11. The molecule has 0 radical (unpaired) electrons. The lowest BCUT2D eigenvalue weighted by molar-refractivity contribution is 0.0792.